The summed E-state index contributed by atoms with van der Waals surface area (Å²) in [5.74, 6) is 0. The highest BCUT2D eigenvalue weighted by Gasteiger charge is 2.16. The van der Waals surface area contributed by atoms with E-state index in [2.05, 4.69) is 142 Å². The molecule has 0 saturated heterocycles. The first-order valence-electron chi connectivity index (χ1n) is 16.2. The van der Waals surface area contributed by atoms with Crippen LogP contribution >= 0.6 is 0 Å². The minimum Gasteiger partial charge on any atom is -0.385 e. The van der Waals surface area contributed by atoms with Crippen LogP contribution in [0.1, 0.15) is 67.8 Å². The number of rotatable bonds is 10. The van der Waals surface area contributed by atoms with Crippen LogP contribution in [-0.4, -0.2) is 11.1 Å². The molecule has 1 atom stereocenters. The molecular weight excluding hydrogens is 534 g/mol. The molecule has 1 aromatic heterocycles. The standard InChI is InChI=1S/C41H45N3/c1-6-8-22-43-35-18-14-31(15-19-35)34-17-21-41-38(26-34)37-25-33(30-10-12-32(13-11-30)39(42)9-7-2)16-20-40(37)44(41)36-23-27(3)29(5)28(4)24-36/h10-21,23-26,39,43H,6-9,22,42H2,1-5H3. The second-order valence-electron chi connectivity index (χ2n) is 12.4. The van der Waals surface area contributed by atoms with Gasteiger partial charge >= 0.3 is 0 Å². The van der Waals surface area contributed by atoms with E-state index < -0.39 is 0 Å². The van der Waals surface area contributed by atoms with Crippen LogP contribution in [0.25, 0.3) is 49.7 Å². The van der Waals surface area contributed by atoms with E-state index >= 15 is 0 Å². The molecular formula is C41H45N3. The number of nitrogens with two attached hydrogens (primary N) is 1. The predicted molar refractivity (Wildman–Crippen MR) is 191 cm³/mol. The van der Waals surface area contributed by atoms with Crippen molar-refractivity contribution >= 4 is 27.5 Å². The average molecular weight is 580 g/mol. The number of anilines is 1. The van der Waals surface area contributed by atoms with E-state index in [4.69, 9.17) is 5.73 Å². The number of nitrogens with zero attached hydrogens (tertiary/aromatic N) is 1. The summed E-state index contributed by atoms with van der Waals surface area (Å²) in [7, 11) is 0. The maximum atomic E-state index is 6.41. The fourth-order valence-electron chi connectivity index (χ4n) is 6.39. The number of fused-ring (bicyclic) bond motifs is 3. The molecule has 6 aromatic rings. The van der Waals surface area contributed by atoms with E-state index in [0.29, 0.717) is 0 Å². The van der Waals surface area contributed by atoms with Gasteiger partial charge in [-0.15, -0.1) is 0 Å². The normalized spacial score (nSPS) is 12.2. The number of benzene rings is 5. The van der Waals surface area contributed by atoms with Gasteiger partial charge in [-0.05, 0) is 127 Å². The van der Waals surface area contributed by atoms with Gasteiger partial charge in [0.2, 0.25) is 0 Å². The maximum Gasteiger partial charge on any atom is 0.0541 e. The van der Waals surface area contributed by atoms with Crippen molar-refractivity contribution in [1.29, 1.82) is 0 Å². The molecule has 0 bridgehead atoms. The number of hydrogen-bond donors (Lipinski definition) is 2. The van der Waals surface area contributed by atoms with Crippen molar-refractivity contribution in [2.45, 2.75) is 66.3 Å². The molecule has 0 fully saturated rings. The smallest absolute Gasteiger partial charge is 0.0541 e. The minimum atomic E-state index is 0.0931. The summed E-state index contributed by atoms with van der Waals surface area (Å²) in [5, 5.41) is 6.07. The number of nitrogens with one attached hydrogen (secondary N) is 1. The zero-order chi connectivity index (χ0) is 30.8. The lowest BCUT2D eigenvalue weighted by molar-refractivity contribution is 0.638. The van der Waals surface area contributed by atoms with E-state index in [1.54, 1.807) is 0 Å². The van der Waals surface area contributed by atoms with Gasteiger partial charge in [-0.25, -0.2) is 0 Å². The lowest BCUT2D eigenvalue weighted by atomic mass is 9.97. The summed E-state index contributed by atoms with van der Waals surface area (Å²) in [6.45, 7) is 12.1. The molecule has 0 amide bonds. The van der Waals surface area contributed by atoms with E-state index in [9.17, 15) is 0 Å². The molecule has 224 valence electrons. The number of aryl methyl sites for hydroxylation is 2. The lowest BCUT2D eigenvalue weighted by Crippen LogP contribution is -2.09. The monoisotopic (exact) mass is 579 g/mol. The summed E-state index contributed by atoms with van der Waals surface area (Å²) >= 11 is 0. The number of aromatic nitrogens is 1. The lowest BCUT2D eigenvalue weighted by Gasteiger charge is -2.13. The molecule has 6 rings (SSSR count). The maximum absolute atomic E-state index is 6.41. The van der Waals surface area contributed by atoms with Gasteiger partial charge in [0.05, 0.1) is 11.0 Å². The second kappa shape index (κ2) is 12.7. The fourth-order valence-corrected chi connectivity index (χ4v) is 6.39. The van der Waals surface area contributed by atoms with Crippen LogP contribution in [0.15, 0.2) is 97.1 Å². The van der Waals surface area contributed by atoms with Crippen molar-refractivity contribution in [3.05, 3.63) is 119 Å². The Hall–Kier alpha value is -4.34. The molecule has 3 heteroatoms. The third kappa shape index (κ3) is 5.77. The molecule has 1 unspecified atom stereocenters. The Morgan fingerprint density at radius 2 is 1.16 bits per heavy atom. The topological polar surface area (TPSA) is 43.0 Å². The second-order valence-corrected chi connectivity index (χ2v) is 12.4. The molecule has 3 N–H and O–H groups in total. The van der Waals surface area contributed by atoms with Crippen molar-refractivity contribution in [3.8, 4) is 27.9 Å². The molecule has 44 heavy (non-hydrogen) atoms. The van der Waals surface area contributed by atoms with Crippen LogP contribution in [0.5, 0.6) is 0 Å². The highest BCUT2D eigenvalue weighted by atomic mass is 15.0. The van der Waals surface area contributed by atoms with Crippen LogP contribution in [0.2, 0.25) is 0 Å². The number of unbranched alkanes of at least 4 members (excludes halogenated alkanes) is 1. The third-order valence-corrected chi connectivity index (χ3v) is 9.28. The zero-order valence-electron chi connectivity index (χ0n) is 26.9. The van der Waals surface area contributed by atoms with Crippen molar-refractivity contribution in [2.75, 3.05) is 11.9 Å². The molecule has 0 radical (unpaired) electrons. The van der Waals surface area contributed by atoms with Gasteiger partial charge in [-0.3, -0.25) is 0 Å². The summed E-state index contributed by atoms with van der Waals surface area (Å²) in [6.07, 6.45) is 4.47. The van der Waals surface area contributed by atoms with E-state index in [1.165, 1.54) is 90.5 Å². The Morgan fingerprint density at radius 1 is 0.636 bits per heavy atom. The Morgan fingerprint density at radius 3 is 1.68 bits per heavy atom. The Kier molecular flexibility index (Phi) is 8.59. The third-order valence-electron chi connectivity index (χ3n) is 9.28. The van der Waals surface area contributed by atoms with Gasteiger partial charge < -0.3 is 15.6 Å². The van der Waals surface area contributed by atoms with Crippen LogP contribution in [0, 0.1) is 20.8 Å². The predicted octanol–water partition coefficient (Wildman–Crippen LogP) is 11.1. The van der Waals surface area contributed by atoms with Crippen LogP contribution in [0.3, 0.4) is 0 Å². The van der Waals surface area contributed by atoms with Gasteiger partial charge in [-0.2, -0.15) is 0 Å². The SMILES string of the molecule is CCCCNc1ccc(-c2ccc3c(c2)c2cc(-c4ccc(C(N)CCC)cc4)ccc2n3-c2cc(C)c(C)c(C)c2)cc1. The minimum absolute atomic E-state index is 0.0931. The summed E-state index contributed by atoms with van der Waals surface area (Å²) < 4.78 is 2.44. The van der Waals surface area contributed by atoms with E-state index in [0.717, 1.165) is 19.4 Å². The van der Waals surface area contributed by atoms with Crippen molar-refractivity contribution in [2.24, 2.45) is 5.73 Å². The van der Waals surface area contributed by atoms with Gasteiger partial charge in [-0.1, -0.05) is 75.2 Å². The molecule has 0 saturated carbocycles. The molecule has 1 heterocycles. The summed E-state index contributed by atoms with van der Waals surface area (Å²) in [6, 6.07) is 36.3. The molecule has 5 aromatic carbocycles. The molecule has 3 nitrogen and oxygen atoms in total. The Labute approximate surface area is 262 Å². The van der Waals surface area contributed by atoms with Gasteiger partial charge in [0, 0.05) is 34.7 Å². The van der Waals surface area contributed by atoms with Crippen molar-refractivity contribution < 1.29 is 0 Å². The Balaban J connectivity index is 1.48. The summed E-state index contributed by atoms with van der Waals surface area (Å²) in [4.78, 5) is 0. The van der Waals surface area contributed by atoms with Crippen LogP contribution in [-0.2, 0) is 0 Å². The zero-order valence-corrected chi connectivity index (χ0v) is 26.9. The van der Waals surface area contributed by atoms with Crippen molar-refractivity contribution in [3.63, 3.8) is 0 Å². The highest BCUT2D eigenvalue weighted by molar-refractivity contribution is 6.11. The van der Waals surface area contributed by atoms with E-state index in [-0.39, 0.29) is 6.04 Å². The quantitative estimate of drug-likeness (QED) is 0.159. The molecule has 0 aliphatic carbocycles. The van der Waals surface area contributed by atoms with Gasteiger partial charge in [0.15, 0.2) is 0 Å². The Bertz CT molecular complexity index is 1890. The largest absolute Gasteiger partial charge is 0.385 e. The average Bonchev–Trinajstić information content (AvgIpc) is 3.37. The van der Waals surface area contributed by atoms with Crippen LogP contribution < -0.4 is 11.1 Å². The van der Waals surface area contributed by atoms with Gasteiger partial charge in [0.25, 0.3) is 0 Å². The first-order chi connectivity index (χ1) is 21.4. The fraction of sp³-hybridized carbons (Fsp3) is 0.268. The molecule has 0 aliphatic heterocycles. The first-order valence-corrected chi connectivity index (χ1v) is 16.2. The first kappa shape index (κ1) is 29.7. The highest BCUT2D eigenvalue weighted by Crippen LogP contribution is 2.38. The molecule has 0 spiro atoms. The van der Waals surface area contributed by atoms with Crippen LogP contribution in [0.4, 0.5) is 5.69 Å². The number of hydrogen-bond acceptors (Lipinski definition) is 2. The summed E-state index contributed by atoms with van der Waals surface area (Å²) in [5.41, 5.74) is 21.3. The van der Waals surface area contributed by atoms with Gasteiger partial charge in [0.1, 0.15) is 0 Å². The van der Waals surface area contributed by atoms with Crippen molar-refractivity contribution in [1.82, 2.24) is 4.57 Å². The van der Waals surface area contributed by atoms with E-state index in [1.807, 2.05) is 0 Å². The molecule has 0 aliphatic rings.